The van der Waals surface area contributed by atoms with Crippen molar-refractivity contribution < 1.29 is 16.8 Å². The van der Waals surface area contributed by atoms with E-state index in [1.54, 1.807) is 12.1 Å². The van der Waals surface area contributed by atoms with Gasteiger partial charge in [0.05, 0.1) is 6.04 Å². The number of nitrogens with one attached hydrogen (secondary N) is 2. The van der Waals surface area contributed by atoms with Crippen LogP contribution >= 0.6 is 0 Å². The molecule has 2 atom stereocenters. The van der Waals surface area contributed by atoms with Gasteiger partial charge in [-0.15, -0.1) is 0 Å². The molecule has 29 heavy (non-hydrogen) atoms. The molecule has 0 aromatic heterocycles. The summed E-state index contributed by atoms with van der Waals surface area (Å²) < 4.78 is 52.7. The molecule has 0 spiro atoms. The van der Waals surface area contributed by atoms with Crippen molar-refractivity contribution in [1.82, 2.24) is 19.4 Å². The van der Waals surface area contributed by atoms with Crippen LogP contribution in [0, 0.1) is 5.92 Å². The second-order valence-corrected chi connectivity index (χ2v) is 11.5. The van der Waals surface area contributed by atoms with Crippen LogP contribution in [0.1, 0.15) is 39.0 Å². The van der Waals surface area contributed by atoms with Crippen LogP contribution in [0.2, 0.25) is 0 Å². The minimum atomic E-state index is -4.09. The Morgan fingerprint density at radius 3 is 2.66 bits per heavy atom. The van der Waals surface area contributed by atoms with Gasteiger partial charge in [-0.05, 0) is 52.1 Å². The van der Waals surface area contributed by atoms with Crippen LogP contribution < -0.4 is 10.0 Å². The van der Waals surface area contributed by atoms with Crippen molar-refractivity contribution in [1.29, 1.82) is 0 Å². The topological polar surface area (TPSA) is 111 Å². The Bertz CT molecular complexity index is 851. The van der Waals surface area contributed by atoms with Gasteiger partial charge in [0.2, 0.25) is 0 Å². The molecule has 0 aromatic carbocycles. The number of hydrogen-bond donors (Lipinski definition) is 2. The predicted octanol–water partition coefficient (Wildman–Crippen LogP) is 1.01. The van der Waals surface area contributed by atoms with E-state index in [2.05, 4.69) is 33.9 Å². The molecule has 0 amide bonds. The molecule has 1 aliphatic carbocycles. The third kappa shape index (κ3) is 7.09. The molecule has 2 rings (SSSR count). The SMILES string of the molecule is C=C(NS(=O)(=O)N(CCCNC)CS(C)(=O)=O)N1N=C(C)CC1C1CC=CCC1. The summed E-state index contributed by atoms with van der Waals surface area (Å²) in [6, 6.07) is 0.0443. The Kier molecular flexibility index (Phi) is 8.27. The average molecular weight is 448 g/mol. The molecule has 0 saturated heterocycles. The number of allylic oxidation sites excluding steroid dienone is 2. The first-order valence-corrected chi connectivity index (χ1v) is 13.3. The average Bonchev–Trinajstić information content (AvgIpc) is 3.02. The van der Waals surface area contributed by atoms with Gasteiger partial charge in [0, 0.05) is 24.9 Å². The zero-order valence-corrected chi connectivity index (χ0v) is 19.1. The highest BCUT2D eigenvalue weighted by molar-refractivity contribution is 7.92. The van der Waals surface area contributed by atoms with Gasteiger partial charge in [0.25, 0.3) is 0 Å². The molecular weight excluding hydrogens is 414 g/mol. The Labute approximate surface area is 175 Å². The van der Waals surface area contributed by atoms with E-state index in [1.165, 1.54) is 0 Å². The summed E-state index contributed by atoms with van der Waals surface area (Å²) in [6.45, 7) is 6.47. The van der Waals surface area contributed by atoms with Crippen molar-refractivity contribution in [3.8, 4) is 0 Å². The normalized spacial score (nSPS) is 22.8. The lowest BCUT2D eigenvalue weighted by Gasteiger charge is -2.33. The summed E-state index contributed by atoms with van der Waals surface area (Å²) in [5.41, 5.74) is 0.923. The third-order valence-electron chi connectivity index (χ3n) is 5.03. The molecule has 11 heteroatoms. The van der Waals surface area contributed by atoms with E-state index >= 15 is 0 Å². The second kappa shape index (κ2) is 10.1. The number of rotatable bonds is 11. The third-order valence-corrected chi connectivity index (χ3v) is 7.46. The molecule has 166 valence electrons. The molecule has 0 aromatic rings. The molecular formula is C18H33N5O4S2. The van der Waals surface area contributed by atoms with Gasteiger partial charge in [-0.25, -0.2) is 13.4 Å². The summed E-state index contributed by atoms with van der Waals surface area (Å²) in [7, 11) is -5.87. The van der Waals surface area contributed by atoms with E-state index in [9.17, 15) is 16.8 Å². The van der Waals surface area contributed by atoms with Gasteiger partial charge in [0.15, 0.2) is 9.84 Å². The summed E-state index contributed by atoms with van der Waals surface area (Å²) in [6.07, 6.45) is 9.52. The van der Waals surface area contributed by atoms with Crippen LogP contribution in [-0.2, 0) is 20.0 Å². The van der Waals surface area contributed by atoms with Crippen LogP contribution in [0.25, 0.3) is 0 Å². The fourth-order valence-electron chi connectivity index (χ4n) is 3.69. The highest BCUT2D eigenvalue weighted by Gasteiger charge is 2.35. The van der Waals surface area contributed by atoms with E-state index in [4.69, 9.17) is 0 Å². The van der Waals surface area contributed by atoms with Gasteiger partial charge in [0.1, 0.15) is 11.7 Å². The minimum Gasteiger partial charge on any atom is -0.320 e. The molecule has 0 radical (unpaired) electrons. The zero-order chi connectivity index (χ0) is 21.7. The summed E-state index contributed by atoms with van der Waals surface area (Å²) in [5, 5.41) is 9.08. The lowest BCUT2D eigenvalue weighted by atomic mass is 9.85. The van der Waals surface area contributed by atoms with Crippen LogP contribution in [-0.4, -0.2) is 70.2 Å². The standard InChI is InChI=1S/C18H33N5O4S2/c1-15-13-18(17-9-6-5-7-10-17)23(20-15)16(2)21-29(26,27)22(12-8-11-19-3)14-28(4,24)25/h5-6,17-19,21H,2,7-14H2,1,3-4H3. The Hall–Kier alpha value is -1.43. The van der Waals surface area contributed by atoms with E-state index < -0.39 is 25.9 Å². The molecule has 0 bridgehead atoms. The maximum atomic E-state index is 12.9. The molecule has 9 nitrogen and oxygen atoms in total. The number of nitrogens with zero attached hydrogens (tertiary/aromatic N) is 3. The van der Waals surface area contributed by atoms with E-state index in [-0.39, 0.29) is 18.4 Å². The fraction of sp³-hybridized carbons (Fsp3) is 0.722. The summed E-state index contributed by atoms with van der Waals surface area (Å²) in [5.74, 6) is -0.0721. The number of hydrogen-bond acceptors (Lipinski definition) is 7. The van der Waals surface area contributed by atoms with Gasteiger partial charge in [-0.1, -0.05) is 18.7 Å². The smallest absolute Gasteiger partial charge is 0.303 e. The van der Waals surface area contributed by atoms with Crippen molar-refractivity contribution in [2.45, 2.75) is 45.1 Å². The maximum Gasteiger partial charge on any atom is 0.303 e. The Morgan fingerprint density at radius 2 is 2.07 bits per heavy atom. The predicted molar refractivity (Wildman–Crippen MR) is 116 cm³/mol. The lowest BCUT2D eigenvalue weighted by Crippen LogP contribution is -2.47. The van der Waals surface area contributed by atoms with Crippen molar-refractivity contribution in [2.24, 2.45) is 11.0 Å². The zero-order valence-electron chi connectivity index (χ0n) is 17.5. The van der Waals surface area contributed by atoms with Crippen molar-refractivity contribution >= 4 is 25.8 Å². The van der Waals surface area contributed by atoms with E-state index in [1.807, 2.05) is 6.92 Å². The first kappa shape index (κ1) is 23.8. The Morgan fingerprint density at radius 1 is 1.34 bits per heavy atom. The summed E-state index contributed by atoms with van der Waals surface area (Å²) >= 11 is 0. The van der Waals surface area contributed by atoms with Crippen molar-refractivity contribution in [3.05, 3.63) is 24.6 Å². The molecule has 0 fully saturated rings. The monoisotopic (exact) mass is 447 g/mol. The molecule has 2 unspecified atom stereocenters. The fourth-order valence-corrected chi connectivity index (χ4v) is 6.36. The largest absolute Gasteiger partial charge is 0.320 e. The minimum absolute atomic E-state index is 0.0443. The van der Waals surface area contributed by atoms with E-state index in [0.29, 0.717) is 18.9 Å². The van der Waals surface area contributed by atoms with Crippen molar-refractivity contribution in [2.75, 3.05) is 32.3 Å². The molecule has 0 saturated carbocycles. The van der Waals surface area contributed by atoms with E-state index in [0.717, 1.165) is 42.0 Å². The first-order valence-electron chi connectivity index (χ1n) is 9.81. The second-order valence-electron chi connectivity index (χ2n) is 7.74. The molecule has 1 heterocycles. The number of hydrazone groups is 1. The molecule has 2 aliphatic rings. The van der Waals surface area contributed by atoms with Crippen LogP contribution in [0.15, 0.2) is 29.7 Å². The van der Waals surface area contributed by atoms with Gasteiger partial charge in [-0.3, -0.25) is 4.72 Å². The highest BCUT2D eigenvalue weighted by Crippen LogP contribution is 2.32. The number of sulfone groups is 1. The molecule has 2 N–H and O–H groups in total. The first-order chi connectivity index (χ1) is 13.5. The summed E-state index contributed by atoms with van der Waals surface area (Å²) in [4.78, 5) is 0. The Balaban J connectivity index is 2.14. The molecule has 1 aliphatic heterocycles. The van der Waals surface area contributed by atoms with Crippen LogP contribution in [0.3, 0.4) is 0 Å². The van der Waals surface area contributed by atoms with Gasteiger partial charge >= 0.3 is 10.2 Å². The lowest BCUT2D eigenvalue weighted by molar-refractivity contribution is 0.198. The van der Waals surface area contributed by atoms with Gasteiger partial charge < -0.3 is 5.32 Å². The maximum absolute atomic E-state index is 12.9. The van der Waals surface area contributed by atoms with Crippen LogP contribution in [0.4, 0.5) is 0 Å². The van der Waals surface area contributed by atoms with Gasteiger partial charge in [-0.2, -0.15) is 17.8 Å². The quantitative estimate of drug-likeness (QED) is 0.361. The van der Waals surface area contributed by atoms with Crippen LogP contribution in [0.5, 0.6) is 0 Å². The highest BCUT2D eigenvalue weighted by atomic mass is 32.2. The van der Waals surface area contributed by atoms with Crippen molar-refractivity contribution in [3.63, 3.8) is 0 Å².